The van der Waals surface area contributed by atoms with Crippen LogP contribution >= 0.6 is 27.5 Å². The Labute approximate surface area is 193 Å². The summed E-state index contributed by atoms with van der Waals surface area (Å²) < 4.78 is 16.5. The Morgan fingerprint density at radius 1 is 1.19 bits per heavy atom. The molecule has 0 atom stereocenters. The van der Waals surface area contributed by atoms with Crippen molar-refractivity contribution in [3.8, 4) is 17.6 Å². The minimum absolute atomic E-state index is 0.116. The number of nitriles is 1. The summed E-state index contributed by atoms with van der Waals surface area (Å²) in [5.74, 6) is -0.430. The summed E-state index contributed by atoms with van der Waals surface area (Å²) in [6.07, 6.45) is 1.42. The molecule has 0 unspecified atom stereocenters. The second-order valence-corrected chi connectivity index (χ2v) is 7.28. The van der Waals surface area contributed by atoms with Crippen LogP contribution in [0, 0.1) is 11.3 Å². The van der Waals surface area contributed by atoms with E-state index in [-0.39, 0.29) is 18.8 Å². The van der Waals surface area contributed by atoms with Crippen LogP contribution in [-0.2, 0) is 14.3 Å². The van der Waals surface area contributed by atoms with E-state index in [4.69, 9.17) is 25.8 Å². The zero-order valence-corrected chi connectivity index (χ0v) is 19.2. The van der Waals surface area contributed by atoms with Crippen LogP contribution in [0.2, 0.25) is 5.02 Å². The summed E-state index contributed by atoms with van der Waals surface area (Å²) >= 11 is 9.31. The van der Waals surface area contributed by atoms with Crippen molar-refractivity contribution in [1.29, 1.82) is 5.26 Å². The number of amides is 1. The number of hydrogen-bond donors (Lipinski definition) is 1. The van der Waals surface area contributed by atoms with Crippen LogP contribution in [0.25, 0.3) is 6.08 Å². The van der Waals surface area contributed by atoms with E-state index in [1.165, 1.54) is 6.08 Å². The highest BCUT2D eigenvalue weighted by molar-refractivity contribution is 9.10. The summed E-state index contributed by atoms with van der Waals surface area (Å²) in [7, 11) is 0. The van der Waals surface area contributed by atoms with E-state index in [0.717, 1.165) is 0 Å². The lowest BCUT2D eigenvalue weighted by atomic mass is 10.1. The van der Waals surface area contributed by atoms with Crippen molar-refractivity contribution < 1.29 is 23.8 Å². The minimum Gasteiger partial charge on any atom is -0.490 e. The first-order valence-corrected chi connectivity index (χ1v) is 10.5. The fraction of sp³-hybridized carbons (Fsp3) is 0.227. The molecule has 0 aromatic heterocycles. The Kier molecular flexibility index (Phi) is 9.38. The lowest BCUT2D eigenvalue weighted by Crippen LogP contribution is -2.15. The topological polar surface area (TPSA) is 97.7 Å². The van der Waals surface area contributed by atoms with Crippen LogP contribution in [0.1, 0.15) is 19.4 Å². The van der Waals surface area contributed by atoms with Gasteiger partial charge in [-0.05, 0) is 71.7 Å². The van der Waals surface area contributed by atoms with Gasteiger partial charge in [0.1, 0.15) is 11.6 Å². The molecule has 0 aliphatic heterocycles. The summed E-state index contributed by atoms with van der Waals surface area (Å²) in [6.45, 7) is 3.81. The summed E-state index contributed by atoms with van der Waals surface area (Å²) in [6, 6.07) is 11.8. The van der Waals surface area contributed by atoms with Crippen LogP contribution in [0.3, 0.4) is 0 Å². The average Bonchev–Trinajstić information content (AvgIpc) is 2.71. The van der Waals surface area contributed by atoms with E-state index < -0.39 is 11.9 Å². The number of esters is 1. The SMILES string of the molecule is CCOC(=O)COc1c(Br)cc(/C=C(\C#N)C(=O)Nc2cccc(Cl)c2)cc1OCC. The van der Waals surface area contributed by atoms with Gasteiger partial charge in [0, 0.05) is 10.7 Å². The standard InChI is InChI=1S/C22H20BrClN2O5/c1-3-29-19-10-14(9-18(23)21(19)31-13-20(27)30-4-2)8-15(12-25)22(28)26-17-7-5-6-16(24)11-17/h5-11H,3-4,13H2,1-2H3,(H,26,28)/b15-8+. The molecule has 1 N–H and O–H groups in total. The van der Waals surface area contributed by atoms with Gasteiger partial charge < -0.3 is 19.5 Å². The lowest BCUT2D eigenvalue weighted by Gasteiger charge is -2.14. The number of nitrogens with zero attached hydrogens (tertiary/aromatic N) is 1. The lowest BCUT2D eigenvalue weighted by molar-refractivity contribution is -0.145. The molecule has 0 radical (unpaired) electrons. The van der Waals surface area contributed by atoms with Crippen molar-refractivity contribution in [3.63, 3.8) is 0 Å². The molecule has 162 valence electrons. The smallest absolute Gasteiger partial charge is 0.344 e. The molecule has 9 heteroatoms. The molecular formula is C22H20BrClN2O5. The van der Waals surface area contributed by atoms with Gasteiger partial charge in [-0.3, -0.25) is 4.79 Å². The predicted octanol–water partition coefficient (Wildman–Crippen LogP) is 4.99. The third kappa shape index (κ3) is 7.31. The first-order chi connectivity index (χ1) is 14.9. The van der Waals surface area contributed by atoms with E-state index in [1.54, 1.807) is 50.2 Å². The molecule has 2 rings (SSSR count). The molecule has 7 nitrogen and oxygen atoms in total. The molecule has 0 fully saturated rings. The van der Waals surface area contributed by atoms with Crippen LogP contribution < -0.4 is 14.8 Å². The molecule has 0 spiro atoms. The number of hydrogen-bond acceptors (Lipinski definition) is 6. The predicted molar refractivity (Wildman–Crippen MR) is 121 cm³/mol. The third-order valence-corrected chi connectivity index (χ3v) is 4.55. The van der Waals surface area contributed by atoms with Gasteiger partial charge in [-0.15, -0.1) is 0 Å². The molecule has 0 saturated heterocycles. The van der Waals surface area contributed by atoms with Crippen molar-refractivity contribution in [1.82, 2.24) is 0 Å². The Hall–Kier alpha value is -3.02. The van der Waals surface area contributed by atoms with E-state index in [9.17, 15) is 14.9 Å². The van der Waals surface area contributed by atoms with Crippen molar-refractivity contribution in [2.24, 2.45) is 0 Å². The number of carbonyl (C=O) groups excluding carboxylic acids is 2. The Balaban J connectivity index is 2.28. The van der Waals surface area contributed by atoms with E-state index >= 15 is 0 Å². The number of benzene rings is 2. The van der Waals surface area contributed by atoms with Gasteiger partial charge in [-0.2, -0.15) is 5.26 Å². The van der Waals surface area contributed by atoms with Gasteiger partial charge in [-0.1, -0.05) is 17.7 Å². The monoisotopic (exact) mass is 506 g/mol. The number of anilines is 1. The first-order valence-electron chi connectivity index (χ1n) is 9.31. The van der Waals surface area contributed by atoms with Crippen LogP contribution in [0.5, 0.6) is 11.5 Å². The zero-order chi connectivity index (χ0) is 22.8. The Morgan fingerprint density at radius 3 is 2.61 bits per heavy atom. The second kappa shape index (κ2) is 12.0. The van der Waals surface area contributed by atoms with Crippen molar-refractivity contribution in [2.45, 2.75) is 13.8 Å². The summed E-state index contributed by atoms with van der Waals surface area (Å²) in [4.78, 5) is 24.1. The number of halogens is 2. The van der Waals surface area contributed by atoms with Gasteiger partial charge >= 0.3 is 5.97 Å². The average molecular weight is 508 g/mol. The molecule has 0 bridgehead atoms. The molecule has 31 heavy (non-hydrogen) atoms. The minimum atomic E-state index is -0.582. The zero-order valence-electron chi connectivity index (χ0n) is 16.9. The normalized spacial score (nSPS) is 10.7. The molecule has 2 aromatic carbocycles. The highest BCUT2D eigenvalue weighted by Crippen LogP contribution is 2.37. The molecule has 0 saturated carbocycles. The molecule has 1 amide bonds. The number of rotatable bonds is 9. The van der Waals surface area contributed by atoms with Crippen LogP contribution in [0.15, 0.2) is 46.4 Å². The fourth-order valence-corrected chi connectivity index (χ4v) is 3.25. The molecule has 2 aromatic rings. The second-order valence-electron chi connectivity index (χ2n) is 5.99. The maximum absolute atomic E-state index is 12.5. The highest BCUT2D eigenvalue weighted by Gasteiger charge is 2.16. The molecule has 0 aliphatic carbocycles. The largest absolute Gasteiger partial charge is 0.490 e. The van der Waals surface area contributed by atoms with Gasteiger partial charge in [0.2, 0.25) is 0 Å². The van der Waals surface area contributed by atoms with Gasteiger partial charge in [0.25, 0.3) is 5.91 Å². The molecular weight excluding hydrogens is 488 g/mol. The van der Waals surface area contributed by atoms with Crippen LogP contribution in [0.4, 0.5) is 5.69 Å². The first kappa shape index (κ1) is 24.3. The number of ether oxygens (including phenoxy) is 3. The van der Waals surface area contributed by atoms with E-state index in [1.807, 2.05) is 6.07 Å². The third-order valence-electron chi connectivity index (χ3n) is 3.73. The quantitative estimate of drug-likeness (QED) is 0.292. The Morgan fingerprint density at radius 2 is 1.97 bits per heavy atom. The number of nitrogens with one attached hydrogen (secondary N) is 1. The van der Waals surface area contributed by atoms with Gasteiger partial charge in [0.05, 0.1) is 17.7 Å². The summed E-state index contributed by atoms with van der Waals surface area (Å²) in [5, 5.41) is 12.6. The molecule has 0 aliphatic rings. The van der Waals surface area contributed by atoms with Crippen molar-refractivity contribution in [2.75, 3.05) is 25.1 Å². The van der Waals surface area contributed by atoms with Crippen LogP contribution in [-0.4, -0.2) is 31.7 Å². The summed E-state index contributed by atoms with van der Waals surface area (Å²) in [5.41, 5.74) is 0.878. The number of carbonyl (C=O) groups is 2. The van der Waals surface area contributed by atoms with Crippen molar-refractivity contribution in [3.05, 3.63) is 57.0 Å². The maximum atomic E-state index is 12.5. The van der Waals surface area contributed by atoms with Crippen molar-refractivity contribution >= 4 is 51.2 Å². The maximum Gasteiger partial charge on any atom is 0.344 e. The highest BCUT2D eigenvalue weighted by atomic mass is 79.9. The van der Waals surface area contributed by atoms with E-state index in [2.05, 4.69) is 21.2 Å². The van der Waals surface area contributed by atoms with Gasteiger partial charge in [0.15, 0.2) is 18.1 Å². The van der Waals surface area contributed by atoms with E-state index in [0.29, 0.717) is 38.9 Å². The Bertz CT molecular complexity index is 1030. The van der Waals surface area contributed by atoms with Gasteiger partial charge in [-0.25, -0.2) is 4.79 Å². The molecule has 0 heterocycles. The fourth-order valence-electron chi connectivity index (χ4n) is 2.49.